The summed E-state index contributed by atoms with van der Waals surface area (Å²) in [4.78, 5) is 22.2. The maximum absolute atomic E-state index is 11.6. The van der Waals surface area contributed by atoms with Gasteiger partial charge in [0.1, 0.15) is 0 Å². The van der Waals surface area contributed by atoms with Crippen LogP contribution in [0.5, 0.6) is 0 Å². The van der Waals surface area contributed by atoms with Crippen LogP contribution in [0.25, 0.3) is 0 Å². The van der Waals surface area contributed by atoms with Gasteiger partial charge in [0.15, 0.2) is 0 Å². The fourth-order valence-corrected chi connectivity index (χ4v) is 3.13. The Bertz CT molecular complexity index is 538. The standard InChI is InChI=1S/C14H16ClNO4/c15-11-4-5-12(16(19)20)10(8-11)9-14(13(17)18)6-2-1-3-7-14/h4-5,8H,1-3,6-7,9H2,(H,17,18). The summed E-state index contributed by atoms with van der Waals surface area (Å²) in [5.41, 5.74) is -0.541. The van der Waals surface area contributed by atoms with Crippen molar-refractivity contribution >= 4 is 23.3 Å². The number of halogens is 1. The minimum absolute atomic E-state index is 0.0550. The van der Waals surface area contributed by atoms with Gasteiger partial charge >= 0.3 is 5.97 Å². The van der Waals surface area contributed by atoms with Crippen LogP contribution in [-0.2, 0) is 11.2 Å². The quantitative estimate of drug-likeness (QED) is 0.676. The number of carboxylic acids is 1. The molecule has 0 aliphatic heterocycles. The smallest absolute Gasteiger partial charge is 0.309 e. The molecule has 0 spiro atoms. The molecule has 1 aromatic rings. The summed E-state index contributed by atoms with van der Waals surface area (Å²) < 4.78 is 0. The third-order valence-corrected chi connectivity index (χ3v) is 4.27. The molecular formula is C14H16ClNO4. The highest BCUT2D eigenvalue weighted by molar-refractivity contribution is 6.30. The Labute approximate surface area is 121 Å². The van der Waals surface area contributed by atoms with E-state index in [0.29, 0.717) is 23.4 Å². The maximum Gasteiger partial charge on any atom is 0.309 e. The van der Waals surface area contributed by atoms with Crippen molar-refractivity contribution in [2.75, 3.05) is 0 Å². The summed E-state index contributed by atoms with van der Waals surface area (Å²) in [6.45, 7) is 0. The predicted molar refractivity (Wildman–Crippen MR) is 75.0 cm³/mol. The van der Waals surface area contributed by atoms with Gasteiger partial charge in [0.25, 0.3) is 5.69 Å². The average molecular weight is 298 g/mol. The normalized spacial score (nSPS) is 17.6. The van der Waals surface area contributed by atoms with Crippen LogP contribution in [0, 0.1) is 15.5 Å². The van der Waals surface area contributed by atoms with Crippen LogP contribution >= 0.6 is 11.6 Å². The lowest BCUT2D eigenvalue weighted by molar-refractivity contribution is -0.385. The Morgan fingerprint density at radius 3 is 2.55 bits per heavy atom. The van der Waals surface area contributed by atoms with E-state index in [1.54, 1.807) is 0 Å². The topological polar surface area (TPSA) is 80.4 Å². The molecule has 0 unspecified atom stereocenters. The molecule has 0 heterocycles. The van der Waals surface area contributed by atoms with Crippen molar-refractivity contribution in [1.29, 1.82) is 0 Å². The van der Waals surface area contributed by atoms with E-state index in [9.17, 15) is 20.0 Å². The summed E-state index contributed by atoms with van der Waals surface area (Å²) in [5, 5.41) is 21.0. The van der Waals surface area contributed by atoms with Gasteiger partial charge in [-0.2, -0.15) is 0 Å². The van der Waals surface area contributed by atoms with Gasteiger partial charge in [-0.3, -0.25) is 14.9 Å². The highest BCUT2D eigenvalue weighted by atomic mass is 35.5. The molecule has 0 saturated heterocycles. The fraction of sp³-hybridized carbons (Fsp3) is 0.500. The number of benzene rings is 1. The second-order valence-corrected chi connectivity index (χ2v) is 5.79. The van der Waals surface area contributed by atoms with Crippen molar-refractivity contribution in [3.05, 3.63) is 38.9 Å². The fourth-order valence-electron chi connectivity index (χ4n) is 2.93. The first kappa shape index (κ1) is 14.8. The van der Waals surface area contributed by atoms with E-state index >= 15 is 0 Å². The largest absolute Gasteiger partial charge is 0.481 e. The second-order valence-electron chi connectivity index (χ2n) is 5.35. The lowest BCUT2D eigenvalue weighted by Gasteiger charge is -2.33. The molecule has 5 nitrogen and oxygen atoms in total. The van der Waals surface area contributed by atoms with Gasteiger partial charge in [0, 0.05) is 16.7 Å². The number of aliphatic carboxylic acids is 1. The van der Waals surface area contributed by atoms with Gasteiger partial charge in [-0.25, -0.2) is 0 Å². The molecule has 0 aromatic heterocycles. The number of nitro benzene ring substituents is 1. The number of nitrogens with zero attached hydrogens (tertiary/aromatic N) is 1. The summed E-state index contributed by atoms with van der Waals surface area (Å²) >= 11 is 5.89. The highest BCUT2D eigenvalue weighted by Gasteiger charge is 2.41. The third kappa shape index (κ3) is 2.93. The Morgan fingerprint density at radius 1 is 1.35 bits per heavy atom. The summed E-state index contributed by atoms with van der Waals surface area (Å²) in [7, 11) is 0. The zero-order chi connectivity index (χ0) is 14.8. The van der Waals surface area contributed by atoms with Crippen molar-refractivity contribution in [1.82, 2.24) is 0 Å². The Kier molecular flexibility index (Phi) is 4.28. The van der Waals surface area contributed by atoms with Gasteiger partial charge in [-0.15, -0.1) is 0 Å². The number of hydrogen-bond acceptors (Lipinski definition) is 3. The van der Waals surface area contributed by atoms with Gasteiger partial charge in [-0.1, -0.05) is 30.9 Å². The van der Waals surface area contributed by atoms with E-state index in [1.165, 1.54) is 18.2 Å². The number of hydrogen-bond donors (Lipinski definition) is 1. The van der Waals surface area contributed by atoms with Gasteiger partial charge in [0.2, 0.25) is 0 Å². The van der Waals surface area contributed by atoms with Crippen LogP contribution < -0.4 is 0 Å². The zero-order valence-corrected chi connectivity index (χ0v) is 11.7. The highest BCUT2D eigenvalue weighted by Crippen LogP contribution is 2.41. The van der Waals surface area contributed by atoms with Gasteiger partial charge in [0.05, 0.1) is 10.3 Å². The number of rotatable bonds is 4. The van der Waals surface area contributed by atoms with Crippen LogP contribution in [-0.4, -0.2) is 16.0 Å². The second kappa shape index (κ2) is 5.79. The molecule has 2 rings (SSSR count). The van der Waals surface area contributed by atoms with Crippen molar-refractivity contribution in [3.8, 4) is 0 Å². The van der Waals surface area contributed by atoms with E-state index in [2.05, 4.69) is 0 Å². The van der Waals surface area contributed by atoms with E-state index in [-0.39, 0.29) is 12.1 Å². The minimum Gasteiger partial charge on any atom is -0.481 e. The van der Waals surface area contributed by atoms with Crippen LogP contribution in [0.4, 0.5) is 5.69 Å². The lowest BCUT2D eigenvalue weighted by atomic mass is 9.70. The van der Waals surface area contributed by atoms with Gasteiger partial charge in [-0.05, 0) is 31.4 Å². The Hall–Kier alpha value is -1.62. The molecule has 6 heteroatoms. The molecule has 1 fully saturated rings. The van der Waals surface area contributed by atoms with E-state index < -0.39 is 16.3 Å². The van der Waals surface area contributed by atoms with Crippen LogP contribution in [0.15, 0.2) is 18.2 Å². The lowest BCUT2D eigenvalue weighted by Crippen LogP contribution is -2.35. The Balaban J connectivity index is 2.38. The molecule has 1 aromatic carbocycles. The van der Waals surface area contributed by atoms with Crippen molar-refractivity contribution in [3.63, 3.8) is 0 Å². The molecule has 1 N–H and O–H groups in total. The van der Waals surface area contributed by atoms with Crippen molar-refractivity contribution in [2.24, 2.45) is 5.41 Å². The first-order valence-electron chi connectivity index (χ1n) is 6.61. The third-order valence-electron chi connectivity index (χ3n) is 4.03. The minimum atomic E-state index is -0.895. The molecular weight excluding hydrogens is 282 g/mol. The van der Waals surface area contributed by atoms with E-state index in [0.717, 1.165) is 19.3 Å². The van der Waals surface area contributed by atoms with Gasteiger partial charge < -0.3 is 5.11 Å². The van der Waals surface area contributed by atoms with Crippen LogP contribution in [0.3, 0.4) is 0 Å². The molecule has 1 saturated carbocycles. The predicted octanol–water partition coefficient (Wildman–Crippen LogP) is 3.83. The molecule has 1 aliphatic carbocycles. The average Bonchev–Trinajstić information content (AvgIpc) is 2.39. The molecule has 0 amide bonds. The number of nitro groups is 1. The monoisotopic (exact) mass is 297 g/mol. The molecule has 20 heavy (non-hydrogen) atoms. The summed E-state index contributed by atoms with van der Waals surface area (Å²) in [6.07, 6.45) is 4.01. The summed E-state index contributed by atoms with van der Waals surface area (Å²) in [5.74, 6) is -0.869. The van der Waals surface area contributed by atoms with E-state index in [4.69, 9.17) is 11.6 Å². The SMILES string of the molecule is O=C(O)C1(Cc2cc(Cl)ccc2[N+](=O)[O-])CCCCC1. The molecule has 1 aliphatic rings. The first-order valence-corrected chi connectivity index (χ1v) is 6.99. The maximum atomic E-state index is 11.6. The molecule has 0 bridgehead atoms. The zero-order valence-electron chi connectivity index (χ0n) is 11.0. The first-order chi connectivity index (χ1) is 9.44. The Morgan fingerprint density at radius 2 is 2.00 bits per heavy atom. The molecule has 108 valence electrons. The van der Waals surface area contributed by atoms with E-state index in [1.807, 2.05) is 0 Å². The number of carbonyl (C=O) groups is 1. The number of carboxylic acid groups (broad SMARTS) is 1. The molecule has 0 atom stereocenters. The van der Waals surface area contributed by atoms with Crippen molar-refractivity contribution < 1.29 is 14.8 Å². The van der Waals surface area contributed by atoms with Crippen LogP contribution in [0.1, 0.15) is 37.7 Å². The molecule has 0 radical (unpaired) electrons. The summed E-state index contributed by atoms with van der Waals surface area (Å²) in [6, 6.07) is 4.31. The van der Waals surface area contributed by atoms with Crippen molar-refractivity contribution in [2.45, 2.75) is 38.5 Å². The van der Waals surface area contributed by atoms with Crippen LogP contribution in [0.2, 0.25) is 5.02 Å².